The van der Waals surface area contributed by atoms with Gasteiger partial charge in [-0.25, -0.2) is 9.78 Å². The molecule has 0 amide bonds. The average molecular weight is 305 g/mol. The summed E-state index contributed by atoms with van der Waals surface area (Å²) < 4.78 is 5.72. The predicted octanol–water partition coefficient (Wildman–Crippen LogP) is 3.92. The summed E-state index contributed by atoms with van der Waals surface area (Å²) in [5, 5.41) is 10.2. The fraction of sp³-hybridized carbons (Fsp3) is 0.158. The Labute approximate surface area is 133 Å². The first-order chi connectivity index (χ1) is 11.1. The summed E-state index contributed by atoms with van der Waals surface area (Å²) in [6.07, 6.45) is 1.04. The second-order valence-corrected chi connectivity index (χ2v) is 5.83. The van der Waals surface area contributed by atoms with Gasteiger partial charge in [-0.2, -0.15) is 0 Å². The summed E-state index contributed by atoms with van der Waals surface area (Å²) in [4.78, 5) is 16.2. The van der Waals surface area contributed by atoms with Gasteiger partial charge in [-0.15, -0.1) is 0 Å². The first-order valence-corrected chi connectivity index (χ1v) is 7.55. The molecule has 4 rings (SSSR count). The Morgan fingerprint density at radius 1 is 1.22 bits per heavy atom. The van der Waals surface area contributed by atoms with Crippen LogP contribution >= 0.6 is 0 Å². The molecule has 1 atom stereocenters. The predicted molar refractivity (Wildman–Crippen MR) is 87.9 cm³/mol. The Morgan fingerprint density at radius 3 is 2.87 bits per heavy atom. The molecule has 0 saturated heterocycles. The lowest BCUT2D eigenvalue weighted by Crippen LogP contribution is -2.05. The lowest BCUT2D eigenvalue weighted by Gasteiger charge is -2.08. The minimum Gasteiger partial charge on any atom is -0.490 e. The van der Waals surface area contributed by atoms with Crippen LogP contribution in [-0.2, 0) is 6.42 Å². The Morgan fingerprint density at radius 2 is 2.04 bits per heavy atom. The van der Waals surface area contributed by atoms with Crippen LogP contribution in [0.5, 0.6) is 5.75 Å². The first-order valence-electron chi connectivity index (χ1n) is 7.55. The second-order valence-electron chi connectivity index (χ2n) is 5.83. The van der Waals surface area contributed by atoms with E-state index in [1.54, 1.807) is 12.1 Å². The topological polar surface area (TPSA) is 59.4 Å². The van der Waals surface area contributed by atoms with E-state index in [0.29, 0.717) is 16.6 Å². The maximum absolute atomic E-state index is 11.6. The quantitative estimate of drug-likeness (QED) is 0.779. The van der Waals surface area contributed by atoms with Gasteiger partial charge in [0.25, 0.3) is 0 Å². The van der Waals surface area contributed by atoms with Gasteiger partial charge in [0.15, 0.2) is 0 Å². The van der Waals surface area contributed by atoms with Crippen LogP contribution in [0, 0.1) is 0 Å². The molecule has 1 aliphatic rings. The van der Waals surface area contributed by atoms with Crippen LogP contribution in [0.15, 0.2) is 48.5 Å². The molecule has 2 aromatic carbocycles. The number of hydrogen-bond donors (Lipinski definition) is 1. The lowest BCUT2D eigenvalue weighted by molar-refractivity contribution is 0.0699. The van der Waals surface area contributed by atoms with Crippen molar-refractivity contribution in [1.29, 1.82) is 0 Å². The van der Waals surface area contributed by atoms with Crippen LogP contribution in [0.1, 0.15) is 22.8 Å². The summed E-state index contributed by atoms with van der Waals surface area (Å²) in [6.45, 7) is 2.04. The van der Waals surface area contributed by atoms with Crippen molar-refractivity contribution in [3.63, 3.8) is 0 Å². The van der Waals surface area contributed by atoms with Crippen molar-refractivity contribution < 1.29 is 14.6 Å². The zero-order valence-corrected chi connectivity index (χ0v) is 12.6. The normalized spacial score (nSPS) is 16.1. The van der Waals surface area contributed by atoms with Gasteiger partial charge in [0.2, 0.25) is 0 Å². The number of fused-ring (bicyclic) bond motifs is 2. The van der Waals surface area contributed by atoms with E-state index in [0.717, 1.165) is 23.3 Å². The number of aromatic nitrogens is 1. The number of carboxylic acids is 1. The van der Waals surface area contributed by atoms with E-state index in [4.69, 9.17) is 4.74 Å². The molecular formula is C19H15NO3. The van der Waals surface area contributed by atoms with Crippen molar-refractivity contribution in [2.75, 3.05) is 0 Å². The molecule has 0 bridgehead atoms. The van der Waals surface area contributed by atoms with Crippen molar-refractivity contribution in [2.45, 2.75) is 19.4 Å². The molecule has 0 aliphatic carbocycles. The Bertz CT molecular complexity index is 933. The third kappa shape index (κ3) is 2.32. The standard InChI is InChI=1S/C19H15NO3/c1-11-8-13-9-12(6-7-18(13)23-11)17-10-15(19(21)22)14-4-2-3-5-16(14)20-17/h2-7,9-11H,8H2,1H3,(H,21,22)/t11-/m0/s1. The van der Waals surface area contributed by atoms with Crippen LogP contribution in [0.2, 0.25) is 0 Å². The van der Waals surface area contributed by atoms with E-state index in [2.05, 4.69) is 4.98 Å². The van der Waals surface area contributed by atoms with E-state index in [1.165, 1.54) is 0 Å². The highest BCUT2D eigenvalue weighted by molar-refractivity contribution is 6.03. The Balaban J connectivity index is 1.90. The zero-order valence-electron chi connectivity index (χ0n) is 12.6. The molecular weight excluding hydrogens is 290 g/mol. The highest BCUT2D eigenvalue weighted by Crippen LogP contribution is 2.33. The molecule has 4 nitrogen and oxygen atoms in total. The van der Waals surface area contributed by atoms with Crippen molar-refractivity contribution >= 4 is 16.9 Å². The summed E-state index contributed by atoms with van der Waals surface area (Å²) >= 11 is 0. The number of rotatable bonds is 2. The number of pyridine rings is 1. The molecule has 3 aromatic rings. The number of nitrogens with zero attached hydrogens (tertiary/aromatic N) is 1. The van der Waals surface area contributed by atoms with Crippen LogP contribution in [-0.4, -0.2) is 22.2 Å². The Kier molecular flexibility index (Phi) is 3.05. The summed E-state index contributed by atoms with van der Waals surface area (Å²) in [5.74, 6) is -0.0385. The van der Waals surface area contributed by atoms with Crippen molar-refractivity contribution in [3.05, 3.63) is 59.7 Å². The third-order valence-corrected chi connectivity index (χ3v) is 4.14. The molecule has 0 spiro atoms. The fourth-order valence-electron chi connectivity index (χ4n) is 3.08. The molecule has 0 radical (unpaired) electrons. The van der Waals surface area contributed by atoms with Gasteiger partial charge in [-0.3, -0.25) is 0 Å². The smallest absolute Gasteiger partial charge is 0.336 e. The summed E-state index contributed by atoms with van der Waals surface area (Å²) in [6, 6.07) is 14.9. The molecule has 1 aliphatic heterocycles. The van der Waals surface area contributed by atoms with Gasteiger partial charge in [0, 0.05) is 17.4 Å². The molecule has 1 aromatic heterocycles. The van der Waals surface area contributed by atoms with Gasteiger partial charge >= 0.3 is 5.97 Å². The Hall–Kier alpha value is -2.88. The highest BCUT2D eigenvalue weighted by atomic mass is 16.5. The van der Waals surface area contributed by atoms with Crippen LogP contribution < -0.4 is 4.74 Å². The van der Waals surface area contributed by atoms with Gasteiger partial charge in [-0.1, -0.05) is 18.2 Å². The fourth-order valence-corrected chi connectivity index (χ4v) is 3.08. The van der Waals surface area contributed by atoms with Crippen LogP contribution in [0.4, 0.5) is 0 Å². The van der Waals surface area contributed by atoms with Crippen LogP contribution in [0.3, 0.4) is 0 Å². The number of carbonyl (C=O) groups is 1. The maximum Gasteiger partial charge on any atom is 0.336 e. The minimum absolute atomic E-state index is 0.180. The van der Waals surface area contributed by atoms with E-state index < -0.39 is 5.97 Å². The highest BCUT2D eigenvalue weighted by Gasteiger charge is 2.20. The van der Waals surface area contributed by atoms with E-state index >= 15 is 0 Å². The molecule has 1 N–H and O–H groups in total. The largest absolute Gasteiger partial charge is 0.490 e. The number of hydrogen-bond acceptors (Lipinski definition) is 3. The maximum atomic E-state index is 11.6. The van der Waals surface area contributed by atoms with Crippen molar-refractivity contribution in [1.82, 2.24) is 4.98 Å². The number of benzene rings is 2. The van der Waals surface area contributed by atoms with E-state index in [9.17, 15) is 9.90 Å². The molecule has 4 heteroatoms. The number of aromatic carboxylic acids is 1. The lowest BCUT2D eigenvalue weighted by atomic mass is 10.0. The molecule has 2 heterocycles. The molecule has 0 unspecified atom stereocenters. The first kappa shape index (κ1) is 13.8. The van der Waals surface area contributed by atoms with E-state index in [1.807, 2.05) is 43.3 Å². The summed E-state index contributed by atoms with van der Waals surface area (Å²) in [5.41, 5.74) is 3.68. The minimum atomic E-state index is -0.942. The van der Waals surface area contributed by atoms with Gasteiger partial charge in [0.1, 0.15) is 11.9 Å². The average Bonchev–Trinajstić information content (AvgIpc) is 2.92. The molecule has 114 valence electrons. The van der Waals surface area contributed by atoms with Crippen LogP contribution in [0.25, 0.3) is 22.2 Å². The number of carboxylic acid groups (broad SMARTS) is 1. The van der Waals surface area contributed by atoms with Crippen molar-refractivity contribution in [2.24, 2.45) is 0 Å². The van der Waals surface area contributed by atoms with Gasteiger partial charge in [-0.05, 0) is 42.8 Å². The third-order valence-electron chi connectivity index (χ3n) is 4.14. The zero-order chi connectivity index (χ0) is 16.0. The summed E-state index contributed by atoms with van der Waals surface area (Å²) in [7, 11) is 0. The van der Waals surface area contributed by atoms with Gasteiger partial charge < -0.3 is 9.84 Å². The number of ether oxygens (including phenoxy) is 1. The van der Waals surface area contributed by atoms with Crippen molar-refractivity contribution in [3.8, 4) is 17.0 Å². The molecule has 23 heavy (non-hydrogen) atoms. The van der Waals surface area contributed by atoms with Gasteiger partial charge in [0.05, 0.1) is 16.8 Å². The number of para-hydroxylation sites is 1. The van der Waals surface area contributed by atoms with E-state index in [-0.39, 0.29) is 11.7 Å². The second kappa shape index (κ2) is 5.09. The molecule has 0 fully saturated rings. The molecule has 0 saturated carbocycles. The SMILES string of the molecule is C[C@H]1Cc2cc(-c3cc(C(=O)O)c4ccccc4n3)ccc2O1. The monoisotopic (exact) mass is 305 g/mol.